The van der Waals surface area contributed by atoms with Crippen LogP contribution < -0.4 is 0 Å². The number of hydrogen-bond acceptors (Lipinski definition) is 15. The second-order valence-electron chi connectivity index (χ2n) is 25.9. The maximum absolute atomic E-state index is 13.1. The third-order valence-electron chi connectivity index (χ3n) is 16.1. The van der Waals surface area contributed by atoms with Crippen molar-refractivity contribution in [3.8, 4) is 0 Å². The molecule has 3 N–H and O–H groups in total. The predicted molar refractivity (Wildman–Crippen MR) is 418 cm³/mol. The second-order valence-corrected chi connectivity index (χ2v) is 28.8. The largest absolute Gasteiger partial charge is 0.472 e. The van der Waals surface area contributed by atoms with E-state index in [1.54, 1.807) is 0 Å². The first-order valence-electron chi connectivity index (χ1n) is 39.4. The van der Waals surface area contributed by atoms with E-state index in [4.69, 9.17) is 37.0 Å². The summed E-state index contributed by atoms with van der Waals surface area (Å²) >= 11 is 0. The molecule has 0 spiro atoms. The van der Waals surface area contributed by atoms with E-state index >= 15 is 0 Å². The number of hydrogen-bond donors (Lipinski definition) is 3. The fourth-order valence-corrected chi connectivity index (χ4v) is 11.8. The van der Waals surface area contributed by atoms with Crippen molar-refractivity contribution < 1.29 is 80.2 Å². The van der Waals surface area contributed by atoms with Gasteiger partial charge in [-0.2, -0.15) is 0 Å². The van der Waals surface area contributed by atoms with Gasteiger partial charge in [0, 0.05) is 25.7 Å². The van der Waals surface area contributed by atoms with Crippen molar-refractivity contribution in [1.82, 2.24) is 0 Å². The zero-order valence-electron chi connectivity index (χ0n) is 63.7. The topological polar surface area (TPSA) is 237 Å². The molecule has 0 aliphatic carbocycles. The number of aliphatic hydroxyl groups is 1. The Morgan fingerprint density at radius 1 is 0.284 bits per heavy atom. The van der Waals surface area contributed by atoms with Crippen LogP contribution in [-0.2, 0) is 65.4 Å². The highest BCUT2D eigenvalue weighted by molar-refractivity contribution is 7.47. The minimum atomic E-state index is -4.99. The van der Waals surface area contributed by atoms with Crippen LogP contribution in [0.5, 0.6) is 0 Å². The van der Waals surface area contributed by atoms with Gasteiger partial charge in [-0.15, -0.1) is 0 Å². The first-order chi connectivity index (χ1) is 49.7. The maximum Gasteiger partial charge on any atom is 0.472 e. The highest BCUT2D eigenvalue weighted by Crippen LogP contribution is 2.45. The first kappa shape index (κ1) is 97.2. The zero-order chi connectivity index (χ0) is 74.6. The minimum absolute atomic E-state index is 0.0687. The van der Waals surface area contributed by atoms with E-state index in [-0.39, 0.29) is 25.7 Å². The summed E-state index contributed by atoms with van der Waals surface area (Å²) in [6, 6.07) is 0. The number of ether oxygens (including phenoxy) is 4. The lowest BCUT2D eigenvalue weighted by molar-refractivity contribution is -0.161. The molecule has 19 heteroatoms. The summed E-state index contributed by atoms with van der Waals surface area (Å²) in [5.74, 6) is -2.26. The predicted octanol–water partition coefficient (Wildman–Crippen LogP) is 22.9. The third kappa shape index (κ3) is 73.5. The molecule has 0 rings (SSSR count). The molecule has 0 aliphatic rings. The highest BCUT2D eigenvalue weighted by Gasteiger charge is 2.30. The maximum atomic E-state index is 13.1. The Morgan fingerprint density at radius 3 is 0.824 bits per heavy atom. The first-order valence-corrected chi connectivity index (χ1v) is 42.4. The number of carbonyl (C=O) groups excluding carboxylic acids is 4. The van der Waals surface area contributed by atoms with Crippen LogP contribution in [-0.4, -0.2) is 96.7 Å². The Bertz CT molecular complexity index is 2460. The lowest BCUT2D eigenvalue weighted by atomic mass is 10.1. The van der Waals surface area contributed by atoms with Crippen LogP contribution in [0, 0.1) is 0 Å². The van der Waals surface area contributed by atoms with Gasteiger partial charge < -0.3 is 33.8 Å². The van der Waals surface area contributed by atoms with Crippen molar-refractivity contribution in [3.63, 3.8) is 0 Å². The molecule has 0 saturated carbocycles. The van der Waals surface area contributed by atoms with E-state index in [9.17, 15) is 43.2 Å². The monoisotopic (exact) mass is 1470 g/mol. The molecule has 0 amide bonds. The van der Waals surface area contributed by atoms with E-state index in [0.717, 1.165) is 186 Å². The fraction of sp³-hybridized carbons (Fsp3) is 0.687. The molecule has 0 aromatic carbocycles. The Kier molecular flexibility index (Phi) is 71.0. The summed E-state index contributed by atoms with van der Waals surface area (Å²) in [7, 11) is -9.97. The Balaban J connectivity index is 5.39. The summed E-state index contributed by atoms with van der Waals surface area (Å²) in [4.78, 5) is 72.9. The lowest BCUT2D eigenvalue weighted by Gasteiger charge is -2.21. The van der Waals surface area contributed by atoms with Gasteiger partial charge in [0.2, 0.25) is 0 Å². The molecule has 0 fully saturated rings. The average molecular weight is 1470 g/mol. The van der Waals surface area contributed by atoms with Crippen LogP contribution in [0.2, 0.25) is 0 Å². The summed E-state index contributed by atoms with van der Waals surface area (Å²) in [5, 5.41) is 10.6. The molecular formula is C83H140O17P2. The summed E-state index contributed by atoms with van der Waals surface area (Å²) in [6.07, 6.45) is 83.0. The summed E-state index contributed by atoms with van der Waals surface area (Å²) in [6.45, 7) is 4.46. The molecule has 0 aromatic heterocycles. The Hall–Kier alpha value is -4.80. The van der Waals surface area contributed by atoms with Crippen LogP contribution >= 0.6 is 15.6 Å². The zero-order valence-corrected chi connectivity index (χ0v) is 65.5. The quantitative estimate of drug-likeness (QED) is 0.0169. The van der Waals surface area contributed by atoms with E-state index < -0.39 is 97.5 Å². The molecule has 102 heavy (non-hydrogen) atoms. The number of rotatable bonds is 73. The average Bonchev–Trinajstić information content (AvgIpc) is 0.994. The molecule has 584 valence electrons. The normalized spacial score (nSPS) is 14.6. The number of carbonyl (C=O) groups is 4. The van der Waals surface area contributed by atoms with Gasteiger partial charge in [-0.25, -0.2) is 9.13 Å². The molecule has 0 radical (unpaired) electrons. The van der Waals surface area contributed by atoms with Crippen molar-refractivity contribution in [2.24, 2.45) is 0 Å². The van der Waals surface area contributed by atoms with Gasteiger partial charge in [0.1, 0.15) is 19.3 Å². The summed E-state index contributed by atoms with van der Waals surface area (Å²) in [5.41, 5.74) is 0. The molecule has 0 aliphatic heterocycles. The van der Waals surface area contributed by atoms with Crippen molar-refractivity contribution in [2.75, 3.05) is 39.6 Å². The minimum Gasteiger partial charge on any atom is -0.462 e. The summed E-state index contributed by atoms with van der Waals surface area (Å²) < 4.78 is 68.5. The lowest BCUT2D eigenvalue weighted by Crippen LogP contribution is -2.30. The van der Waals surface area contributed by atoms with Crippen LogP contribution in [0.1, 0.15) is 310 Å². The standard InChI is InChI=1S/C83H140O17P2/c1-5-9-13-17-21-25-29-32-35-38-41-44-48-51-55-59-63-67-80(85)93-73-78(99-82(87)69-65-61-57-53-47-28-24-20-16-12-8-4)75-97-101(89,90)95-71-77(84)72-96-102(91,92)98-76-79(100-83(88)70-66-62-58-54-50-46-43-40-37-34-31-27-23-19-15-11-7-3)74-94-81(86)68-64-60-56-52-49-45-42-39-36-33-30-26-22-18-14-10-6-2/h9-11,13-15,21-23,25-27,32-37,42,45,52,56,77-79,84H,5-8,12,16-20,24,28-31,38-41,43-44,46-51,53-55,57-76H2,1-4H3,(H,89,90)(H,91,92)/b13-9-,14-10-,15-11-,25-21-,26-22-,27-23-,35-32-,36-33-,37-34-,45-42-,56-52-. The molecular weight excluding hydrogens is 1330 g/mol. The number of phosphoric acid groups is 2. The molecule has 5 unspecified atom stereocenters. The molecule has 0 heterocycles. The van der Waals surface area contributed by atoms with Crippen LogP contribution in [0.15, 0.2) is 134 Å². The van der Waals surface area contributed by atoms with E-state index in [0.29, 0.717) is 32.1 Å². The van der Waals surface area contributed by atoms with Crippen molar-refractivity contribution in [3.05, 3.63) is 134 Å². The van der Waals surface area contributed by atoms with Gasteiger partial charge >= 0.3 is 39.5 Å². The van der Waals surface area contributed by atoms with Gasteiger partial charge in [-0.3, -0.25) is 37.3 Å². The Morgan fingerprint density at radius 2 is 0.520 bits per heavy atom. The van der Waals surface area contributed by atoms with Crippen molar-refractivity contribution in [1.29, 1.82) is 0 Å². The molecule has 17 nitrogen and oxygen atoms in total. The van der Waals surface area contributed by atoms with E-state index in [1.165, 1.54) is 38.5 Å². The van der Waals surface area contributed by atoms with E-state index in [1.807, 2.05) is 12.2 Å². The molecule has 0 aromatic rings. The van der Waals surface area contributed by atoms with Crippen LogP contribution in [0.25, 0.3) is 0 Å². The number of aliphatic hydroxyl groups excluding tert-OH is 1. The van der Waals surface area contributed by atoms with Crippen molar-refractivity contribution >= 4 is 39.5 Å². The van der Waals surface area contributed by atoms with Crippen LogP contribution in [0.3, 0.4) is 0 Å². The van der Waals surface area contributed by atoms with Gasteiger partial charge in [0.25, 0.3) is 0 Å². The number of esters is 4. The fourth-order valence-electron chi connectivity index (χ4n) is 10.2. The van der Waals surface area contributed by atoms with Crippen molar-refractivity contribution in [2.45, 2.75) is 329 Å². The molecule has 0 saturated heterocycles. The SMILES string of the molecule is CC/C=C\C/C=C\C/C=C\C/C=C\C/C=C\CCCC(=O)OCC(COP(=O)(O)OCC(O)COP(=O)(O)OCC(COC(=O)CCCCCCCCC/C=C\C/C=C\C/C=C\CC)OC(=O)CCCCCCCCCCCCC)OC(=O)CCCCCCCCC/C=C\C/C=C\C/C=C\CC. The molecule has 0 bridgehead atoms. The van der Waals surface area contributed by atoms with Crippen LogP contribution in [0.4, 0.5) is 0 Å². The Labute approximate surface area is 618 Å². The second kappa shape index (κ2) is 74.5. The molecule has 5 atom stereocenters. The van der Waals surface area contributed by atoms with E-state index in [2.05, 4.69) is 149 Å². The van der Waals surface area contributed by atoms with Gasteiger partial charge in [-0.05, 0) is 128 Å². The van der Waals surface area contributed by atoms with Gasteiger partial charge in [0.15, 0.2) is 12.2 Å². The number of allylic oxidation sites excluding steroid dienone is 22. The van der Waals surface area contributed by atoms with Gasteiger partial charge in [-0.1, -0.05) is 290 Å². The van der Waals surface area contributed by atoms with Gasteiger partial charge in [0.05, 0.1) is 26.4 Å². The third-order valence-corrected chi connectivity index (χ3v) is 18.0. The number of phosphoric ester groups is 2. The number of unbranched alkanes of at least 4 members (excludes halogenated alkanes) is 25. The highest BCUT2D eigenvalue weighted by atomic mass is 31.2. The smallest absolute Gasteiger partial charge is 0.462 e.